The maximum atomic E-state index is 5.40. The van der Waals surface area contributed by atoms with Crippen molar-refractivity contribution < 1.29 is 14.4 Å². The van der Waals surface area contributed by atoms with E-state index < -0.39 is 0 Å². The summed E-state index contributed by atoms with van der Waals surface area (Å²) in [5.41, 5.74) is 3.58. The number of rotatable bonds is 8. The van der Waals surface area contributed by atoms with E-state index in [1.165, 1.54) is 16.0 Å². The number of nitrogens with zero attached hydrogens (tertiary/aromatic N) is 4. The predicted molar refractivity (Wildman–Crippen MR) is 107 cm³/mol. The minimum atomic E-state index is 0.0704. The smallest absolute Gasteiger partial charge is 0.214 e. The predicted octanol–water partition coefficient (Wildman–Crippen LogP) is 1.48. The van der Waals surface area contributed by atoms with E-state index >= 15 is 0 Å². The van der Waals surface area contributed by atoms with Crippen LogP contribution in [0.5, 0.6) is 11.5 Å². The number of nitrogens with one attached hydrogen (secondary N) is 1. The Kier molecular flexibility index (Phi) is 6.26. The summed E-state index contributed by atoms with van der Waals surface area (Å²) in [5.74, 6) is 2.32. The fourth-order valence-electron chi connectivity index (χ4n) is 3.35. The van der Waals surface area contributed by atoms with E-state index in [2.05, 4.69) is 60.8 Å². The van der Waals surface area contributed by atoms with Crippen molar-refractivity contribution in [2.75, 3.05) is 28.3 Å². The Hall–Kier alpha value is -2.93. The van der Waals surface area contributed by atoms with Crippen LogP contribution >= 0.6 is 0 Å². The molecule has 3 rings (SSSR count). The first-order valence-electron chi connectivity index (χ1n) is 9.37. The van der Waals surface area contributed by atoms with Crippen molar-refractivity contribution in [3.05, 3.63) is 65.0 Å². The van der Waals surface area contributed by atoms with Gasteiger partial charge in [-0.25, -0.2) is 4.68 Å². The minimum absolute atomic E-state index is 0.0704. The first kappa shape index (κ1) is 19.8. The lowest BCUT2D eigenvalue weighted by Gasteiger charge is -2.21. The summed E-state index contributed by atoms with van der Waals surface area (Å²) in [6.45, 7) is 2.78. The zero-order valence-electron chi connectivity index (χ0n) is 17.1. The highest BCUT2D eigenvalue weighted by atomic mass is 16.5. The van der Waals surface area contributed by atoms with Gasteiger partial charge < -0.3 is 14.4 Å². The average molecular weight is 382 g/mol. The standard InChI is InChI=1S/C21H27N5O2/c1-15-6-9-17(10-7-15)20(25(2)3)21-22-23-24-26(21)13-12-16-8-11-18(27-4)19(14-16)28-5/h6-11,14,20H,12-13H2,1-5H3/p+1/t20-/m1/s1. The van der Waals surface area contributed by atoms with Gasteiger partial charge in [0.05, 0.1) is 28.3 Å². The Morgan fingerprint density at radius 2 is 1.71 bits per heavy atom. The summed E-state index contributed by atoms with van der Waals surface area (Å²) >= 11 is 0. The Labute approximate surface area is 165 Å². The molecule has 0 fully saturated rings. The van der Waals surface area contributed by atoms with Crippen molar-refractivity contribution in [3.8, 4) is 11.5 Å². The molecule has 3 aromatic rings. The van der Waals surface area contributed by atoms with E-state index in [1.807, 2.05) is 22.9 Å². The zero-order valence-corrected chi connectivity index (χ0v) is 17.1. The molecule has 0 unspecified atom stereocenters. The molecule has 0 saturated carbocycles. The van der Waals surface area contributed by atoms with Crippen molar-refractivity contribution in [1.82, 2.24) is 20.2 Å². The second-order valence-corrected chi connectivity index (χ2v) is 7.12. The molecule has 0 aliphatic rings. The summed E-state index contributed by atoms with van der Waals surface area (Å²) in [4.78, 5) is 1.26. The molecule has 0 spiro atoms. The lowest BCUT2D eigenvalue weighted by molar-refractivity contribution is -0.886. The molecule has 0 amide bonds. The number of tetrazole rings is 1. The number of quaternary nitrogens is 1. The molecule has 28 heavy (non-hydrogen) atoms. The van der Waals surface area contributed by atoms with Crippen LogP contribution in [0.2, 0.25) is 0 Å². The van der Waals surface area contributed by atoms with Crippen LogP contribution in [0, 0.1) is 6.92 Å². The molecule has 7 nitrogen and oxygen atoms in total. The van der Waals surface area contributed by atoms with Gasteiger partial charge in [0.15, 0.2) is 17.5 Å². The highest BCUT2D eigenvalue weighted by Gasteiger charge is 2.26. The number of hydrogen-bond acceptors (Lipinski definition) is 5. The highest BCUT2D eigenvalue weighted by Crippen LogP contribution is 2.28. The maximum absolute atomic E-state index is 5.40. The summed E-state index contributed by atoms with van der Waals surface area (Å²) in [6.07, 6.45) is 0.793. The van der Waals surface area contributed by atoms with Crippen molar-refractivity contribution in [2.45, 2.75) is 25.9 Å². The summed E-state index contributed by atoms with van der Waals surface area (Å²) in [5, 5.41) is 12.5. The van der Waals surface area contributed by atoms with E-state index in [-0.39, 0.29) is 6.04 Å². The van der Waals surface area contributed by atoms with Gasteiger partial charge in [0.25, 0.3) is 0 Å². The Balaban J connectivity index is 1.82. The number of hydrogen-bond donors (Lipinski definition) is 1. The normalized spacial score (nSPS) is 12.2. The Bertz CT molecular complexity index is 905. The lowest BCUT2D eigenvalue weighted by atomic mass is 10.0. The number of ether oxygens (including phenoxy) is 2. The van der Waals surface area contributed by atoms with Crippen molar-refractivity contribution in [1.29, 1.82) is 0 Å². The molecule has 0 bridgehead atoms. The second-order valence-electron chi connectivity index (χ2n) is 7.12. The van der Waals surface area contributed by atoms with E-state index in [1.54, 1.807) is 14.2 Å². The van der Waals surface area contributed by atoms with E-state index in [0.717, 1.165) is 29.3 Å². The van der Waals surface area contributed by atoms with Gasteiger partial charge in [0, 0.05) is 12.1 Å². The van der Waals surface area contributed by atoms with Crippen LogP contribution in [0.3, 0.4) is 0 Å². The van der Waals surface area contributed by atoms with Gasteiger partial charge in [0.2, 0.25) is 5.82 Å². The van der Waals surface area contributed by atoms with Gasteiger partial charge >= 0.3 is 0 Å². The third-order valence-electron chi connectivity index (χ3n) is 4.87. The average Bonchev–Trinajstić information content (AvgIpc) is 3.15. The molecule has 7 heteroatoms. The summed E-state index contributed by atoms with van der Waals surface area (Å²) in [6, 6.07) is 14.6. The summed E-state index contributed by atoms with van der Waals surface area (Å²) in [7, 11) is 7.53. The molecule has 1 heterocycles. The Morgan fingerprint density at radius 3 is 2.36 bits per heavy atom. The first-order valence-corrected chi connectivity index (χ1v) is 9.37. The van der Waals surface area contributed by atoms with Crippen LogP contribution in [-0.2, 0) is 13.0 Å². The van der Waals surface area contributed by atoms with Crippen LogP contribution in [0.25, 0.3) is 0 Å². The minimum Gasteiger partial charge on any atom is -0.493 e. The number of methoxy groups -OCH3 is 2. The molecule has 0 aliphatic carbocycles. The molecule has 1 N–H and O–H groups in total. The van der Waals surface area contributed by atoms with Crippen molar-refractivity contribution >= 4 is 0 Å². The topological polar surface area (TPSA) is 66.5 Å². The van der Waals surface area contributed by atoms with Crippen molar-refractivity contribution in [2.24, 2.45) is 0 Å². The SMILES string of the molecule is COc1ccc(CCn2nnnc2[C@@H](c2ccc(C)cc2)[NH+](C)C)cc1OC. The molecule has 0 aliphatic heterocycles. The largest absolute Gasteiger partial charge is 0.493 e. The van der Waals surface area contributed by atoms with E-state index in [9.17, 15) is 0 Å². The van der Waals surface area contributed by atoms with Gasteiger partial charge in [-0.05, 0) is 41.5 Å². The number of aryl methyl sites for hydroxylation is 3. The van der Waals surface area contributed by atoms with E-state index in [0.29, 0.717) is 6.54 Å². The number of benzene rings is 2. The molecule has 2 aromatic carbocycles. The zero-order chi connectivity index (χ0) is 20.1. The van der Waals surface area contributed by atoms with Gasteiger partial charge in [-0.2, -0.15) is 0 Å². The van der Waals surface area contributed by atoms with Crippen LogP contribution in [0.1, 0.15) is 28.6 Å². The highest BCUT2D eigenvalue weighted by molar-refractivity contribution is 5.42. The third-order valence-corrected chi connectivity index (χ3v) is 4.87. The molecule has 0 saturated heterocycles. The molecule has 1 aromatic heterocycles. The van der Waals surface area contributed by atoms with Crippen LogP contribution < -0.4 is 14.4 Å². The molecule has 148 valence electrons. The third kappa shape index (κ3) is 4.31. The van der Waals surface area contributed by atoms with Gasteiger partial charge in [-0.15, -0.1) is 5.10 Å². The fourth-order valence-corrected chi connectivity index (χ4v) is 3.35. The fraction of sp³-hybridized carbons (Fsp3) is 0.381. The van der Waals surface area contributed by atoms with Gasteiger partial charge in [0.1, 0.15) is 0 Å². The molecule has 1 atom stereocenters. The second kappa shape index (κ2) is 8.84. The van der Waals surface area contributed by atoms with E-state index in [4.69, 9.17) is 9.47 Å². The van der Waals surface area contributed by atoms with Crippen LogP contribution in [-0.4, -0.2) is 48.5 Å². The van der Waals surface area contributed by atoms with Gasteiger partial charge in [-0.1, -0.05) is 35.9 Å². The molecule has 0 radical (unpaired) electrons. The Morgan fingerprint density at radius 1 is 1.00 bits per heavy atom. The van der Waals surface area contributed by atoms with Crippen molar-refractivity contribution in [3.63, 3.8) is 0 Å². The first-order chi connectivity index (χ1) is 13.5. The molecular weight excluding hydrogens is 354 g/mol. The maximum Gasteiger partial charge on any atom is 0.214 e. The van der Waals surface area contributed by atoms with Crippen LogP contribution in [0.4, 0.5) is 0 Å². The lowest BCUT2D eigenvalue weighted by Crippen LogP contribution is -3.06. The number of aromatic nitrogens is 4. The van der Waals surface area contributed by atoms with Crippen LogP contribution in [0.15, 0.2) is 42.5 Å². The van der Waals surface area contributed by atoms with Gasteiger partial charge in [-0.3, -0.25) is 0 Å². The quantitative estimate of drug-likeness (QED) is 0.639. The summed E-state index contributed by atoms with van der Waals surface area (Å²) < 4.78 is 12.6. The molecular formula is C21H28N5O2+. The monoisotopic (exact) mass is 382 g/mol.